The van der Waals surface area contributed by atoms with Crippen LogP contribution in [-0.2, 0) is 6.54 Å². The minimum Gasteiger partial charge on any atom is -0.507 e. The number of phenolic OH excluding ortho intramolecular Hbond substituents is 2. The van der Waals surface area contributed by atoms with Gasteiger partial charge in [0.05, 0.1) is 6.04 Å². The zero-order valence-corrected chi connectivity index (χ0v) is 24.0. The van der Waals surface area contributed by atoms with Crippen molar-refractivity contribution >= 4 is 17.8 Å². The monoisotopic (exact) mass is 560 g/mol. The van der Waals surface area contributed by atoms with Crippen molar-refractivity contribution in [2.24, 2.45) is 4.99 Å². The summed E-state index contributed by atoms with van der Waals surface area (Å²) < 4.78 is 0. The van der Waals surface area contributed by atoms with Crippen LogP contribution in [0.4, 0.5) is 0 Å². The Balaban J connectivity index is 1.40. The van der Waals surface area contributed by atoms with E-state index in [0.717, 1.165) is 36.8 Å². The van der Waals surface area contributed by atoms with Gasteiger partial charge in [-0.1, -0.05) is 73.5 Å². The number of hydrogen-bond donors (Lipinski definition) is 3. The maximum absolute atomic E-state index is 12.3. The molecule has 0 unspecified atom stereocenters. The van der Waals surface area contributed by atoms with E-state index in [4.69, 9.17) is 4.99 Å². The van der Waals surface area contributed by atoms with Gasteiger partial charge in [-0.05, 0) is 62.1 Å². The third kappa shape index (κ3) is 6.50. The van der Waals surface area contributed by atoms with E-state index in [9.17, 15) is 19.8 Å². The topological polar surface area (TPSA) is 99.0 Å². The fourth-order valence-corrected chi connectivity index (χ4v) is 5.61. The second-order valence-corrected chi connectivity index (χ2v) is 11.0. The first kappa shape index (κ1) is 29.0. The van der Waals surface area contributed by atoms with Crippen LogP contribution in [0.2, 0.25) is 0 Å². The van der Waals surface area contributed by atoms with Gasteiger partial charge in [-0.25, -0.2) is 0 Å². The third-order valence-corrected chi connectivity index (χ3v) is 8.00. The van der Waals surface area contributed by atoms with Crippen LogP contribution in [0.15, 0.2) is 89.9 Å². The Labute approximate surface area is 246 Å². The second kappa shape index (κ2) is 13.0. The van der Waals surface area contributed by atoms with Gasteiger partial charge in [0.15, 0.2) is 11.6 Å². The summed E-state index contributed by atoms with van der Waals surface area (Å²) in [6.45, 7) is 3.43. The maximum atomic E-state index is 12.3. The maximum Gasteiger partial charge on any atom is 0.159 e. The van der Waals surface area contributed by atoms with Crippen LogP contribution in [0, 0.1) is 0 Å². The molecule has 0 aromatic heterocycles. The molecule has 3 N–H and O–H groups in total. The van der Waals surface area contributed by atoms with Crippen LogP contribution < -0.4 is 5.32 Å². The SMILES string of the molecule is CC(=O)c1cc(C=N[C@@H]2CCCC[C@H]2NCc2cc(C(C)=O)cc(-c3ccccc3)c2O)c(O)c(-c2ccccc2)c1. The van der Waals surface area contributed by atoms with Crippen LogP contribution in [0.5, 0.6) is 11.5 Å². The van der Waals surface area contributed by atoms with E-state index in [-0.39, 0.29) is 35.1 Å². The molecule has 1 saturated carbocycles. The number of nitrogens with one attached hydrogen (secondary N) is 1. The molecule has 0 radical (unpaired) electrons. The predicted octanol–water partition coefficient (Wildman–Crippen LogP) is 7.36. The number of aliphatic imine (C=N–C) groups is 1. The normalized spacial score (nSPS) is 16.9. The molecule has 0 aliphatic heterocycles. The van der Waals surface area contributed by atoms with Gasteiger partial charge in [0, 0.05) is 52.2 Å². The third-order valence-electron chi connectivity index (χ3n) is 8.00. The van der Waals surface area contributed by atoms with Crippen molar-refractivity contribution in [3.63, 3.8) is 0 Å². The van der Waals surface area contributed by atoms with Gasteiger partial charge in [-0.15, -0.1) is 0 Å². The Kier molecular flexibility index (Phi) is 8.94. The van der Waals surface area contributed by atoms with Gasteiger partial charge >= 0.3 is 0 Å². The lowest BCUT2D eigenvalue weighted by atomic mass is 9.90. The number of aromatic hydroxyl groups is 2. The van der Waals surface area contributed by atoms with Crippen molar-refractivity contribution in [3.8, 4) is 33.8 Å². The van der Waals surface area contributed by atoms with Gasteiger partial charge < -0.3 is 15.5 Å². The molecule has 0 spiro atoms. The van der Waals surface area contributed by atoms with E-state index in [0.29, 0.717) is 39.9 Å². The average Bonchev–Trinajstić information content (AvgIpc) is 3.01. The molecular formula is C36H36N2O4. The highest BCUT2D eigenvalue weighted by molar-refractivity contribution is 6.00. The van der Waals surface area contributed by atoms with Crippen molar-refractivity contribution in [1.29, 1.82) is 0 Å². The van der Waals surface area contributed by atoms with Crippen molar-refractivity contribution in [2.75, 3.05) is 0 Å². The summed E-state index contributed by atoms with van der Waals surface area (Å²) >= 11 is 0. The summed E-state index contributed by atoms with van der Waals surface area (Å²) in [6, 6.07) is 26.0. The van der Waals surface area contributed by atoms with Crippen LogP contribution in [0.25, 0.3) is 22.3 Å². The smallest absolute Gasteiger partial charge is 0.159 e. The lowest BCUT2D eigenvalue weighted by Crippen LogP contribution is -2.41. The van der Waals surface area contributed by atoms with Crippen molar-refractivity contribution < 1.29 is 19.8 Å². The number of Topliss-reactive ketones (excluding diaryl/α,β-unsaturated/α-hetero) is 2. The highest BCUT2D eigenvalue weighted by atomic mass is 16.3. The second-order valence-electron chi connectivity index (χ2n) is 11.0. The van der Waals surface area contributed by atoms with E-state index < -0.39 is 0 Å². The van der Waals surface area contributed by atoms with Crippen molar-refractivity contribution in [1.82, 2.24) is 5.32 Å². The van der Waals surface area contributed by atoms with E-state index in [1.165, 1.54) is 13.8 Å². The number of benzene rings is 4. The molecule has 5 rings (SSSR count). The van der Waals surface area contributed by atoms with Crippen LogP contribution in [0.1, 0.15) is 71.4 Å². The molecule has 0 bridgehead atoms. The molecule has 4 aromatic carbocycles. The largest absolute Gasteiger partial charge is 0.507 e. The van der Waals surface area contributed by atoms with Gasteiger partial charge in [-0.3, -0.25) is 14.6 Å². The number of rotatable bonds is 9. The molecule has 0 saturated heterocycles. The number of ketones is 2. The Morgan fingerprint density at radius 3 is 1.93 bits per heavy atom. The van der Waals surface area contributed by atoms with E-state index >= 15 is 0 Å². The molecule has 42 heavy (non-hydrogen) atoms. The number of nitrogens with zero attached hydrogens (tertiary/aromatic N) is 1. The fraction of sp³-hybridized carbons (Fsp3) is 0.250. The van der Waals surface area contributed by atoms with E-state index in [1.807, 2.05) is 60.7 Å². The molecule has 6 nitrogen and oxygen atoms in total. The highest BCUT2D eigenvalue weighted by Gasteiger charge is 2.25. The predicted molar refractivity (Wildman–Crippen MR) is 168 cm³/mol. The van der Waals surface area contributed by atoms with Crippen LogP contribution in [-0.4, -0.2) is 40.1 Å². The summed E-state index contributed by atoms with van der Waals surface area (Å²) in [7, 11) is 0. The van der Waals surface area contributed by atoms with Crippen LogP contribution in [0.3, 0.4) is 0 Å². The van der Waals surface area contributed by atoms with E-state index in [1.54, 1.807) is 30.5 Å². The molecular weight excluding hydrogens is 524 g/mol. The number of phenols is 2. The number of carbonyl (C=O) groups excluding carboxylic acids is 2. The first-order valence-corrected chi connectivity index (χ1v) is 14.4. The van der Waals surface area contributed by atoms with Gasteiger partial charge in [0.2, 0.25) is 0 Å². The highest BCUT2D eigenvalue weighted by Crippen LogP contribution is 2.35. The molecule has 1 aliphatic carbocycles. The van der Waals surface area contributed by atoms with Gasteiger partial charge in [-0.2, -0.15) is 0 Å². The van der Waals surface area contributed by atoms with Crippen molar-refractivity contribution in [2.45, 2.75) is 58.2 Å². The molecule has 1 aliphatic rings. The average molecular weight is 561 g/mol. The van der Waals surface area contributed by atoms with E-state index in [2.05, 4.69) is 5.32 Å². The van der Waals surface area contributed by atoms with Crippen LogP contribution >= 0.6 is 0 Å². The number of hydrogen-bond acceptors (Lipinski definition) is 6. The molecule has 2 atom stereocenters. The van der Waals surface area contributed by atoms with Gasteiger partial charge in [0.25, 0.3) is 0 Å². The first-order chi connectivity index (χ1) is 20.3. The molecule has 0 amide bonds. The fourth-order valence-electron chi connectivity index (χ4n) is 5.61. The quantitative estimate of drug-likeness (QED) is 0.147. The number of carbonyl (C=O) groups is 2. The zero-order valence-electron chi connectivity index (χ0n) is 24.0. The molecule has 214 valence electrons. The molecule has 1 fully saturated rings. The van der Waals surface area contributed by atoms with Crippen molar-refractivity contribution in [3.05, 3.63) is 107 Å². The van der Waals surface area contributed by atoms with Gasteiger partial charge in [0.1, 0.15) is 11.5 Å². The lowest BCUT2D eigenvalue weighted by molar-refractivity contribution is 0.100. The molecule has 0 heterocycles. The Morgan fingerprint density at radius 1 is 0.786 bits per heavy atom. The Morgan fingerprint density at radius 2 is 1.33 bits per heavy atom. The zero-order chi connectivity index (χ0) is 29.6. The molecule has 4 aromatic rings. The molecule has 6 heteroatoms. The minimum atomic E-state index is -0.0819. The lowest BCUT2D eigenvalue weighted by Gasteiger charge is -2.30. The summed E-state index contributed by atoms with van der Waals surface area (Å²) in [5.41, 5.74) is 5.14. The minimum absolute atomic E-state index is 0.0438. The summed E-state index contributed by atoms with van der Waals surface area (Å²) in [4.78, 5) is 29.5. The summed E-state index contributed by atoms with van der Waals surface area (Å²) in [5.74, 6) is 0.112. The Hall–Kier alpha value is -4.55. The standard InChI is InChI=1S/C36H36N2O4/c1-23(39)27-17-29(35(41)31(19-27)25-11-5-3-6-12-25)21-37-33-15-9-10-16-34(33)38-22-30-18-28(24(2)40)20-32(36(30)42)26-13-7-4-8-14-26/h3-8,11-14,17-21,33-34,38,41-42H,9-10,15-16,22H2,1-2H3/t33-,34-/m1/s1. The Bertz CT molecular complexity index is 1610. The first-order valence-electron chi connectivity index (χ1n) is 14.4. The summed E-state index contributed by atoms with van der Waals surface area (Å²) in [5, 5.41) is 25.9. The summed E-state index contributed by atoms with van der Waals surface area (Å²) in [6.07, 6.45) is 5.57.